The first kappa shape index (κ1) is 15.9. The number of hydrogen-bond acceptors (Lipinski definition) is 4. The number of hydrogen-bond donors (Lipinski definition) is 2. The number of cyclic esters (lactones) is 1. The van der Waals surface area contributed by atoms with Crippen LogP contribution in [0.1, 0.15) is 50.5 Å². The molecule has 0 amide bonds. The van der Waals surface area contributed by atoms with Gasteiger partial charge in [-0.2, -0.15) is 0 Å². The molecule has 3 rings (SSSR count). The average Bonchev–Trinajstić information content (AvgIpc) is 2.54. The van der Waals surface area contributed by atoms with Crippen LogP contribution in [0.15, 0.2) is 36.1 Å². The summed E-state index contributed by atoms with van der Waals surface area (Å²) in [4.78, 5) is 11.9. The maximum Gasteiger partial charge on any atom is 0.334 e. The number of aryl methyl sites for hydroxylation is 1. The third kappa shape index (κ3) is 3.69. The molecule has 1 aliphatic carbocycles. The number of aliphatic hydroxyl groups excluding tert-OH is 1. The van der Waals surface area contributed by atoms with Gasteiger partial charge < -0.3 is 14.9 Å². The highest BCUT2D eigenvalue weighted by molar-refractivity contribution is 5.83. The molecule has 1 aromatic carbocycles. The van der Waals surface area contributed by atoms with Crippen LogP contribution in [-0.4, -0.2) is 21.8 Å². The minimum atomic E-state index is -0.589. The molecule has 2 aliphatic rings. The van der Waals surface area contributed by atoms with E-state index in [4.69, 9.17) is 4.74 Å². The van der Waals surface area contributed by atoms with Crippen molar-refractivity contribution in [3.05, 3.63) is 41.7 Å². The topological polar surface area (TPSA) is 66.8 Å². The minimum absolute atomic E-state index is 0.137. The summed E-state index contributed by atoms with van der Waals surface area (Å²) in [5, 5.41) is 19.4. The van der Waals surface area contributed by atoms with E-state index >= 15 is 0 Å². The van der Waals surface area contributed by atoms with Crippen molar-refractivity contribution in [3.63, 3.8) is 0 Å². The Hall–Kier alpha value is -1.97. The highest BCUT2D eigenvalue weighted by atomic mass is 16.6. The molecule has 1 aromatic rings. The van der Waals surface area contributed by atoms with Gasteiger partial charge in [-0.05, 0) is 49.3 Å². The number of aliphatic hydroxyl groups is 1. The number of phenols is 1. The van der Waals surface area contributed by atoms with Gasteiger partial charge in [-0.1, -0.05) is 31.4 Å². The van der Waals surface area contributed by atoms with Crippen molar-refractivity contribution in [1.29, 1.82) is 0 Å². The number of aromatic hydroxyl groups is 1. The molecular weight excluding hydrogens is 292 g/mol. The molecule has 2 N–H and O–H groups in total. The molecular formula is C19H24O4. The van der Waals surface area contributed by atoms with E-state index < -0.39 is 11.6 Å². The summed E-state index contributed by atoms with van der Waals surface area (Å²) in [6.45, 7) is 0. The Morgan fingerprint density at radius 3 is 2.43 bits per heavy atom. The molecule has 1 saturated carbocycles. The van der Waals surface area contributed by atoms with E-state index in [1.54, 1.807) is 12.1 Å². The van der Waals surface area contributed by atoms with Crippen LogP contribution in [0, 0.1) is 5.92 Å². The lowest BCUT2D eigenvalue weighted by Gasteiger charge is -2.43. The summed E-state index contributed by atoms with van der Waals surface area (Å²) < 4.78 is 5.80. The van der Waals surface area contributed by atoms with Crippen molar-refractivity contribution in [2.24, 2.45) is 5.92 Å². The monoisotopic (exact) mass is 316 g/mol. The Morgan fingerprint density at radius 2 is 1.78 bits per heavy atom. The fourth-order valence-corrected chi connectivity index (χ4v) is 3.98. The van der Waals surface area contributed by atoms with Gasteiger partial charge >= 0.3 is 5.97 Å². The van der Waals surface area contributed by atoms with Gasteiger partial charge in [0.2, 0.25) is 0 Å². The number of phenolic OH excluding ortho intramolecular Hbond substituents is 1. The van der Waals surface area contributed by atoms with Gasteiger partial charge in [0.15, 0.2) is 0 Å². The quantitative estimate of drug-likeness (QED) is 0.823. The number of esters is 1. The van der Waals surface area contributed by atoms with Crippen molar-refractivity contribution in [2.45, 2.75) is 57.0 Å². The van der Waals surface area contributed by atoms with Crippen LogP contribution in [0.4, 0.5) is 0 Å². The molecule has 1 unspecified atom stereocenters. The third-order valence-corrected chi connectivity index (χ3v) is 5.19. The molecule has 23 heavy (non-hydrogen) atoms. The zero-order valence-electron chi connectivity index (χ0n) is 13.3. The molecule has 1 aliphatic heterocycles. The summed E-state index contributed by atoms with van der Waals surface area (Å²) in [6, 6.07) is 7.13. The molecule has 4 heteroatoms. The summed E-state index contributed by atoms with van der Waals surface area (Å²) in [5.74, 6) is 0.274. The van der Waals surface area contributed by atoms with Gasteiger partial charge in [0.1, 0.15) is 17.1 Å². The first-order chi connectivity index (χ1) is 11.1. The average molecular weight is 316 g/mol. The van der Waals surface area contributed by atoms with Gasteiger partial charge in [0.05, 0.1) is 6.08 Å². The lowest BCUT2D eigenvalue weighted by Crippen LogP contribution is -2.46. The van der Waals surface area contributed by atoms with E-state index in [9.17, 15) is 15.0 Å². The van der Waals surface area contributed by atoms with Gasteiger partial charge in [-0.15, -0.1) is 0 Å². The molecule has 0 aromatic heterocycles. The number of rotatable bonds is 4. The Kier molecular flexibility index (Phi) is 4.60. The Balaban J connectivity index is 1.78. The number of benzene rings is 1. The first-order valence-electron chi connectivity index (χ1n) is 8.48. The van der Waals surface area contributed by atoms with Crippen LogP contribution in [0.25, 0.3) is 0 Å². The SMILES string of the molecule is O=C1C=C(O)CC(CCc2ccc(O)cc2)(C2CCCCC2)O1. The highest BCUT2D eigenvalue weighted by Crippen LogP contribution is 2.43. The van der Waals surface area contributed by atoms with Crippen LogP contribution < -0.4 is 0 Å². The molecule has 0 bridgehead atoms. The normalized spacial score (nSPS) is 25.7. The fraction of sp³-hybridized carbons (Fsp3) is 0.526. The van der Waals surface area contributed by atoms with Crippen LogP contribution in [0.2, 0.25) is 0 Å². The van der Waals surface area contributed by atoms with Crippen molar-refractivity contribution in [3.8, 4) is 5.75 Å². The Bertz CT molecular complexity index is 584. The maximum atomic E-state index is 11.9. The summed E-state index contributed by atoms with van der Waals surface area (Å²) in [7, 11) is 0. The zero-order chi connectivity index (χ0) is 16.3. The van der Waals surface area contributed by atoms with Crippen LogP contribution in [-0.2, 0) is 16.0 Å². The molecule has 0 spiro atoms. The van der Waals surface area contributed by atoms with Crippen molar-refractivity contribution in [1.82, 2.24) is 0 Å². The fourth-order valence-electron chi connectivity index (χ4n) is 3.98. The van der Waals surface area contributed by atoms with Gasteiger partial charge in [-0.25, -0.2) is 4.79 Å². The summed E-state index contributed by atoms with van der Waals surface area (Å²) in [6.07, 6.45) is 8.74. The highest BCUT2D eigenvalue weighted by Gasteiger charge is 2.45. The lowest BCUT2D eigenvalue weighted by molar-refractivity contribution is -0.167. The molecule has 124 valence electrons. The second kappa shape index (κ2) is 6.65. The van der Waals surface area contributed by atoms with E-state index in [0.717, 1.165) is 37.7 Å². The number of carbonyl (C=O) groups excluding carboxylic acids is 1. The van der Waals surface area contributed by atoms with Crippen molar-refractivity contribution < 1.29 is 19.7 Å². The van der Waals surface area contributed by atoms with E-state index in [-0.39, 0.29) is 11.5 Å². The molecule has 1 atom stereocenters. The minimum Gasteiger partial charge on any atom is -0.512 e. The standard InChI is InChI=1S/C19H24O4/c20-16-8-6-14(7-9-16)10-11-19(15-4-2-1-3-5-15)13-17(21)12-18(22)23-19/h6-9,12,15,20-21H,1-5,10-11,13H2. The Morgan fingerprint density at radius 1 is 1.09 bits per heavy atom. The zero-order valence-corrected chi connectivity index (χ0v) is 13.3. The molecule has 1 fully saturated rings. The van der Waals surface area contributed by atoms with Crippen LogP contribution >= 0.6 is 0 Å². The number of carbonyl (C=O) groups is 1. The summed E-state index contributed by atoms with van der Waals surface area (Å²) in [5.41, 5.74) is 0.511. The van der Waals surface area contributed by atoms with Crippen molar-refractivity contribution in [2.75, 3.05) is 0 Å². The van der Waals surface area contributed by atoms with E-state index in [1.807, 2.05) is 12.1 Å². The maximum absolute atomic E-state index is 11.9. The van der Waals surface area contributed by atoms with E-state index in [0.29, 0.717) is 18.8 Å². The molecule has 0 saturated heterocycles. The molecule has 0 radical (unpaired) electrons. The predicted molar refractivity (Wildman–Crippen MR) is 87.2 cm³/mol. The van der Waals surface area contributed by atoms with Crippen LogP contribution in [0.5, 0.6) is 5.75 Å². The van der Waals surface area contributed by atoms with Gasteiger partial charge in [0.25, 0.3) is 0 Å². The molecule has 4 nitrogen and oxygen atoms in total. The predicted octanol–water partition coefficient (Wildman–Crippen LogP) is 4.03. The second-order valence-corrected chi connectivity index (χ2v) is 6.80. The largest absolute Gasteiger partial charge is 0.512 e. The molecule has 1 heterocycles. The van der Waals surface area contributed by atoms with E-state index in [2.05, 4.69) is 0 Å². The second-order valence-electron chi connectivity index (χ2n) is 6.80. The van der Waals surface area contributed by atoms with Gasteiger partial charge in [-0.3, -0.25) is 0 Å². The Labute approximate surface area is 136 Å². The smallest absolute Gasteiger partial charge is 0.334 e. The lowest BCUT2D eigenvalue weighted by atomic mass is 9.71. The first-order valence-corrected chi connectivity index (χ1v) is 8.48. The summed E-state index contributed by atoms with van der Waals surface area (Å²) >= 11 is 0. The van der Waals surface area contributed by atoms with E-state index in [1.165, 1.54) is 12.5 Å². The van der Waals surface area contributed by atoms with Crippen LogP contribution in [0.3, 0.4) is 0 Å². The third-order valence-electron chi connectivity index (χ3n) is 5.19. The number of ether oxygens (including phenoxy) is 1. The van der Waals surface area contributed by atoms with Crippen molar-refractivity contribution >= 4 is 5.97 Å². The van der Waals surface area contributed by atoms with Gasteiger partial charge in [0, 0.05) is 6.42 Å².